The minimum atomic E-state index is -1.40. The van der Waals surface area contributed by atoms with E-state index in [-0.39, 0.29) is 11.1 Å². The number of fused-ring (bicyclic) bond motifs is 1. The number of amides is 2. The van der Waals surface area contributed by atoms with Gasteiger partial charge in [-0.2, -0.15) is 0 Å². The molecular weight excluding hydrogens is 274 g/mol. The molecule has 1 aromatic rings. The highest BCUT2D eigenvalue weighted by Gasteiger charge is 2.41. The Hall–Kier alpha value is -2.72. The van der Waals surface area contributed by atoms with Crippen LogP contribution in [0.15, 0.2) is 29.8 Å². The van der Waals surface area contributed by atoms with E-state index in [0.717, 1.165) is 4.90 Å². The Bertz CT molecular complexity index is 652. The van der Waals surface area contributed by atoms with Crippen LogP contribution in [0.1, 0.15) is 34.6 Å². The summed E-state index contributed by atoms with van der Waals surface area (Å²) in [7, 11) is 0. The molecule has 1 heterocycles. The van der Waals surface area contributed by atoms with Crippen LogP contribution in [0.2, 0.25) is 0 Å². The molecule has 2 atom stereocenters. The standard InChI is InChI=1S/C15H13NO5/c1-8(12(7-17)15(20)21)9(2)16-13(18)10-5-3-4-6-11(10)14(16)19/h3-6,8-9H,1-2H3,(H,20,21). The molecule has 108 valence electrons. The number of carbonyl (C=O) groups excluding carboxylic acids is 3. The van der Waals surface area contributed by atoms with Crippen molar-refractivity contribution in [3.8, 4) is 0 Å². The van der Waals surface area contributed by atoms with Crippen molar-refractivity contribution < 1.29 is 24.3 Å². The number of carboxylic acid groups (broad SMARTS) is 1. The number of imide groups is 1. The van der Waals surface area contributed by atoms with Gasteiger partial charge in [0.2, 0.25) is 0 Å². The van der Waals surface area contributed by atoms with Gasteiger partial charge in [0.1, 0.15) is 11.5 Å². The van der Waals surface area contributed by atoms with Crippen LogP contribution in [0.4, 0.5) is 0 Å². The van der Waals surface area contributed by atoms with Crippen molar-refractivity contribution in [2.45, 2.75) is 19.9 Å². The van der Waals surface area contributed by atoms with Crippen LogP contribution in [0.3, 0.4) is 0 Å². The Labute approximate surface area is 120 Å². The van der Waals surface area contributed by atoms with Crippen LogP contribution in [0, 0.1) is 5.92 Å². The predicted octanol–water partition coefficient (Wildman–Crippen LogP) is 1.15. The van der Waals surface area contributed by atoms with Gasteiger partial charge in [-0.05, 0) is 19.1 Å². The summed E-state index contributed by atoms with van der Waals surface area (Å²) < 4.78 is 0. The van der Waals surface area contributed by atoms with Gasteiger partial charge in [-0.25, -0.2) is 9.59 Å². The van der Waals surface area contributed by atoms with Crippen molar-refractivity contribution >= 4 is 23.7 Å². The minimum Gasteiger partial charge on any atom is -0.477 e. The van der Waals surface area contributed by atoms with Crippen molar-refractivity contribution in [1.82, 2.24) is 4.90 Å². The normalized spacial score (nSPS) is 16.2. The minimum absolute atomic E-state index is 0.286. The number of aliphatic carboxylic acids is 1. The van der Waals surface area contributed by atoms with Crippen LogP contribution in [-0.4, -0.2) is 39.8 Å². The van der Waals surface area contributed by atoms with Gasteiger partial charge in [0.05, 0.1) is 11.1 Å². The molecule has 21 heavy (non-hydrogen) atoms. The molecule has 2 unspecified atom stereocenters. The first-order valence-electron chi connectivity index (χ1n) is 6.35. The van der Waals surface area contributed by atoms with Crippen LogP contribution in [-0.2, 0) is 9.59 Å². The van der Waals surface area contributed by atoms with Gasteiger partial charge >= 0.3 is 5.97 Å². The number of carboxylic acids is 1. The van der Waals surface area contributed by atoms with E-state index in [2.05, 4.69) is 0 Å². The molecule has 1 aliphatic rings. The summed E-state index contributed by atoms with van der Waals surface area (Å²) >= 11 is 0. The lowest BCUT2D eigenvalue weighted by Crippen LogP contribution is -2.43. The average Bonchev–Trinajstić information content (AvgIpc) is 2.71. The van der Waals surface area contributed by atoms with Gasteiger partial charge in [0, 0.05) is 12.0 Å². The van der Waals surface area contributed by atoms with Crippen molar-refractivity contribution in [2.24, 2.45) is 5.92 Å². The van der Waals surface area contributed by atoms with Crippen molar-refractivity contribution in [3.05, 3.63) is 41.0 Å². The molecule has 0 radical (unpaired) electrons. The van der Waals surface area contributed by atoms with E-state index in [1.807, 2.05) is 0 Å². The molecule has 6 nitrogen and oxygen atoms in total. The smallest absolute Gasteiger partial charge is 0.343 e. The maximum absolute atomic E-state index is 12.3. The summed E-state index contributed by atoms with van der Waals surface area (Å²) in [5.41, 5.74) is 0.0843. The average molecular weight is 287 g/mol. The second-order valence-electron chi connectivity index (χ2n) is 4.88. The first-order valence-corrected chi connectivity index (χ1v) is 6.35. The largest absolute Gasteiger partial charge is 0.477 e. The number of hydrogen-bond donors (Lipinski definition) is 1. The SMILES string of the molecule is CC(C(=C=O)C(=O)O)C(C)N1C(=O)c2ccccc2C1=O. The highest BCUT2D eigenvalue weighted by atomic mass is 16.4. The van der Waals surface area contributed by atoms with Crippen molar-refractivity contribution in [1.29, 1.82) is 0 Å². The molecule has 2 amide bonds. The molecule has 1 N–H and O–H groups in total. The van der Waals surface area contributed by atoms with E-state index in [1.165, 1.54) is 19.8 Å². The van der Waals surface area contributed by atoms with Crippen molar-refractivity contribution in [2.75, 3.05) is 0 Å². The van der Waals surface area contributed by atoms with Gasteiger partial charge in [0.15, 0.2) is 0 Å². The van der Waals surface area contributed by atoms with Crippen LogP contribution in [0.5, 0.6) is 0 Å². The maximum atomic E-state index is 12.3. The monoisotopic (exact) mass is 287 g/mol. The summed E-state index contributed by atoms with van der Waals surface area (Å²) in [4.78, 5) is 47.3. The third-order valence-electron chi connectivity index (χ3n) is 3.75. The summed E-state index contributed by atoms with van der Waals surface area (Å²) in [6, 6.07) is 5.62. The fourth-order valence-corrected chi connectivity index (χ4v) is 2.37. The lowest BCUT2D eigenvalue weighted by Gasteiger charge is -2.27. The number of nitrogens with zero attached hydrogens (tertiary/aromatic N) is 1. The Morgan fingerprint density at radius 1 is 1.14 bits per heavy atom. The third kappa shape index (κ3) is 2.26. The molecule has 0 saturated carbocycles. The van der Waals surface area contributed by atoms with E-state index >= 15 is 0 Å². The molecule has 0 aromatic heterocycles. The molecule has 0 aliphatic carbocycles. The Morgan fingerprint density at radius 2 is 1.62 bits per heavy atom. The predicted molar refractivity (Wildman–Crippen MR) is 72.4 cm³/mol. The van der Waals surface area contributed by atoms with Crippen LogP contribution >= 0.6 is 0 Å². The highest BCUT2D eigenvalue weighted by Crippen LogP contribution is 2.28. The zero-order chi connectivity index (χ0) is 15.7. The van der Waals surface area contributed by atoms with E-state index in [0.29, 0.717) is 0 Å². The van der Waals surface area contributed by atoms with Crippen molar-refractivity contribution in [3.63, 3.8) is 0 Å². The maximum Gasteiger partial charge on any atom is 0.343 e. The molecule has 0 bridgehead atoms. The first kappa shape index (κ1) is 14.7. The van der Waals surface area contributed by atoms with Gasteiger partial charge in [0.25, 0.3) is 11.8 Å². The molecule has 2 rings (SSSR count). The molecule has 0 spiro atoms. The zero-order valence-corrected chi connectivity index (χ0v) is 11.5. The zero-order valence-electron chi connectivity index (χ0n) is 11.5. The van der Waals surface area contributed by atoms with E-state index in [1.54, 1.807) is 24.3 Å². The quantitative estimate of drug-likeness (QED) is 0.509. The van der Waals surface area contributed by atoms with Crippen LogP contribution in [0.25, 0.3) is 0 Å². The molecule has 1 aromatic carbocycles. The highest BCUT2D eigenvalue weighted by molar-refractivity contribution is 6.21. The lowest BCUT2D eigenvalue weighted by atomic mass is 9.94. The van der Waals surface area contributed by atoms with Gasteiger partial charge in [-0.1, -0.05) is 19.1 Å². The Kier molecular flexibility index (Phi) is 3.74. The van der Waals surface area contributed by atoms with E-state index < -0.39 is 35.3 Å². The Morgan fingerprint density at radius 3 is 2.00 bits per heavy atom. The Balaban J connectivity index is 2.36. The molecule has 6 heteroatoms. The second kappa shape index (κ2) is 5.34. The number of benzene rings is 1. The number of hydrogen-bond acceptors (Lipinski definition) is 4. The topological polar surface area (TPSA) is 91.8 Å². The first-order chi connectivity index (χ1) is 9.90. The number of carbonyl (C=O) groups is 3. The summed E-state index contributed by atoms with van der Waals surface area (Å²) in [5, 5.41) is 8.95. The van der Waals surface area contributed by atoms with Gasteiger partial charge in [-0.3, -0.25) is 14.5 Å². The number of rotatable bonds is 4. The lowest BCUT2D eigenvalue weighted by molar-refractivity contribution is -0.133. The molecule has 0 fully saturated rings. The summed E-state index contributed by atoms with van der Waals surface area (Å²) in [5.74, 6) is -1.81. The summed E-state index contributed by atoms with van der Waals surface area (Å²) in [6.45, 7) is 3.01. The van der Waals surface area contributed by atoms with Crippen LogP contribution < -0.4 is 0 Å². The van der Waals surface area contributed by atoms with E-state index in [9.17, 15) is 19.2 Å². The van der Waals surface area contributed by atoms with Gasteiger partial charge in [-0.15, -0.1) is 0 Å². The third-order valence-corrected chi connectivity index (χ3v) is 3.75. The molecule has 1 aliphatic heterocycles. The van der Waals surface area contributed by atoms with E-state index in [4.69, 9.17) is 5.11 Å². The molecule has 0 saturated heterocycles. The molecular formula is C15H13NO5. The summed E-state index contributed by atoms with van der Waals surface area (Å²) in [6.07, 6.45) is 0. The fourth-order valence-electron chi connectivity index (χ4n) is 2.37. The van der Waals surface area contributed by atoms with Gasteiger partial charge < -0.3 is 5.11 Å². The second-order valence-corrected chi connectivity index (χ2v) is 4.88. The fraction of sp³-hybridized carbons (Fsp3) is 0.267.